The average Bonchev–Trinajstić information content (AvgIpc) is 3.14. The molecule has 1 unspecified atom stereocenters. The first-order valence-corrected chi connectivity index (χ1v) is 12.8. The van der Waals surface area contributed by atoms with Crippen LogP contribution in [0.5, 0.6) is 0 Å². The molecule has 0 fully saturated rings. The molecule has 170 valence electrons. The summed E-state index contributed by atoms with van der Waals surface area (Å²) in [7, 11) is -4.58. The molecule has 2 N–H and O–H groups in total. The lowest BCUT2D eigenvalue weighted by Crippen LogP contribution is -2.42. The fourth-order valence-corrected chi connectivity index (χ4v) is 6.26. The maximum atomic E-state index is 11.4. The van der Waals surface area contributed by atoms with Crippen LogP contribution < -0.4 is 4.90 Å². The van der Waals surface area contributed by atoms with Crippen molar-refractivity contribution < 1.29 is 18.9 Å². The number of anilines is 2. The minimum absolute atomic E-state index is 0.104. The Morgan fingerprint density at radius 3 is 1.62 bits per heavy atom. The summed E-state index contributed by atoms with van der Waals surface area (Å²) in [6.45, 7) is 1.82. The Balaban J connectivity index is 1.66. The second-order valence-corrected chi connectivity index (χ2v) is 10.1. The molecule has 5 nitrogen and oxygen atoms in total. The highest BCUT2D eigenvalue weighted by Gasteiger charge is 2.51. The van der Waals surface area contributed by atoms with Gasteiger partial charge in [-0.1, -0.05) is 84.9 Å². The maximum absolute atomic E-state index is 11.4. The zero-order chi connectivity index (χ0) is 23.5. The van der Waals surface area contributed by atoms with Crippen molar-refractivity contribution >= 4 is 19.2 Å². The number of fused-ring (bicyclic) bond motifs is 9. The van der Waals surface area contributed by atoms with Crippen molar-refractivity contribution in [2.75, 3.05) is 11.5 Å². The monoisotopic (exact) mass is 469 g/mol. The Bertz CT molecular complexity index is 1370. The molecule has 1 atom stereocenters. The van der Waals surface area contributed by atoms with Crippen molar-refractivity contribution in [1.29, 1.82) is 0 Å². The first-order valence-electron chi connectivity index (χ1n) is 11.3. The molecule has 34 heavy (non-hydrogen) atoms. The van der Waals surface area contributed by atoms with Crippen molar-refractivity contribution in [3.05, 3.63) is 119 Å². The largest absolute Gasteiger partial charge is 0.469 e. The molecule has 0 aromatic heterocycles. The van der Waals surface area contributed by atoms with Gasteiger partial charge in [0.05, 0.1) is 18.1 Å². The quantitative estimate of drug-likeness (QED) is 0.316. The van der Waals surface area contributed by atoms with Crippen LogP contribution in [0.4, 0.5) is 11.4 Å². The summed E-state index contributed by atoms with van der Waals surface area (Å²) in [5.74, 6) is 0. The van der Waals surface area contributed by atoms with Crippen LogP contribution in [0.3, 0.4) is 0 Å². The van der Waals surface area contributed by atoms with Gasteiger partial charge in [0, 0.05) is 11.4 Å². The van der Waals surface area contributed by atoms with Crippen LogP contribution in [0.2, 0.25) is 0 Å². The van der Waals surface area contributed by atoms with Crippen molar-refractivity contribution in [3.63, 3.8) is 0 Å². The van der Waals surface area contributed by atoms with E-state index in [2.05, 4.69) is 89.8 Å². The van der Waals surface area contributed by atoms with Crippen molar-refractivity contribution in [1.82, 2.24) is 0 Å². The highest BCUT2D eigenvalue weighted by Crippen LogP contribution is 2.62. The number of rotatable bonds is 4. The van der Waals surface area contributed by atoms with E-state index in [1.807, 2.05) is 19.1 Å². The van der Waals surface area contributed by atoms with Crippen LogP contribution in [0, 0.1) is 0 Å². The number of nitrogens with zero attached hydrogens (tertiary/aromatic N) is 1. The normalized spacial score (nSPS) is 15.9. The van der Waals surface area contributed by atoms with E-state index >= 15 is 0 Å². The fraction of sp³-hybridized carbons (Fsp3) is 0.143. The van der Waals surface area contributed by atoms with Crippen LogP contribution in [-0.2, 0) is 14.5 Å². The second-order valence-electron chi connectivity index (χ2n) is 8.88. The molecule has 0 saturated heterocycles. The van der Waals surface area contributed by atoms with Gasteiger partial charge in [0.25, 0.3) is 0 Å². The summed E-state index contributed by atoms with van der Waals surface area (Å²) in [4.78, 5) is 20.8. The molecule has 0 amide bonds. The van der Waals surface area contributed by atoms with Crippen molar-refractivity contribution in [2.45, 2.75) is 18.4 Å². The van der Waals surface area contributed by atoms with E-state index in [1.54, 1.807) is 0 Å². The number of benzene rings is 4. The summed E-state index contributed by atoms with van der Waals surface area (Å²) in [6.07, 6.45) is 0. The standard InChI is InChI=1S/C28H24NO4P/c1-19(18-33-34(30,31)32)29-26-16-8-6-14-24(26)28(25-15-7-9-17-27(25)29)22-12-4-2-10-20(22)21-11-3-5-13-23(21)28/h2-17,19H,18H2,1H3,(H2,30,31,32). The summed E-state index contributed by atoms with van der Waals surface area (Å²) in [6, 6.07) is 33.6. The molecule has 0 radical (unpaired) electrons. The van der Waals surface area contributed by atoms with Gasteiger partial charge in [-0.05, 0) is 52.4 Å². The van der Waals surface area contributed by atoms with Crippen LogP contribution in [0.15, 0.2) is 97.1 Å². The lowest BCUT2D eigenvalue weighted by molar-refractivity contribution is 0.188. The smallest absolute Gasteiger partial charge is 0.336 e. The number of phosphoric ester groups is 1. The molecular formula is C28H24NO4P. The molecule has 4 aromatic carbocycles. The Hall–Kier alpha value is -3.21. The summed E-state index contributed by atoms with van der Waals surface area (Å²) < 4.78 is 16.4. The van der Waals surface area contributed by atoms with E-state index in [0.29, 0.717) is 0 Å². The minimum atomic E-state index is -4.58. The van der Waals surface area contributed by atoms with Gasteiger partial charge in [-0.15, -0.1) is 0 Å². The SMILES string of the molecule is CC(COP(=O)(O)O)N1c2ccccc2C2(c3ccccc3-c3ccccc32)c2ccccc21. The zero-order valence-corrected chi connectivity index (χ0v) is 19.5. The summed E-state index contributed by atoms with van der Waals surface area (Å²) in [5.41, 5.74) is 8.78. The van der Waals surface area contributed by atoms with Crippen molar-refractivity contribution in [2.24, 2.45) is 0 Å². The molecule has 2 aliphatic rings. The Morgan fingerprint density at radius 2 is 1.15 bits per heavy atom. The third-order valence-corrected chi connectivity index (χ3v) is 7.50. The molecule has 1 aliphatic carbocycles. The van der Waals surface area contributed by atoms with Gasteiger partial charge >= 0.3 is 7.82 Å². The summed E-state index contributed by atoms with van der Waals surface area (Å²) in [5, 5.41) is 0. The predicted molar refractivity (Wildman–Crippen MR) is 133 cm³/mol. The average molecular weight is 469 g/mol. The molecule has 1 spiro atoms. The van der Waals surface area contributed by atoms with E-state index in [9.17, 15) is 14.4 Å². The first kappa shape index (κ1) is 21.3. The fourth-order valence-electron chi connectivity index (χ4n) is 5.85. The van der Waals surface area contributed by atoms with Gasteiger partial charge in [0.15, 0.2) is 0 Å². The Morgan fingerprint density at radius 1 is 0.735 bits per heavy atom. The van der Waals surface area contributed by atoms with E-state index in [0.717, 1.165) is 22.5 Å². The van der Waals surface area contributed by atoms with Crippen LogP contribution >= 0.6 is 7.82 Å². The molecule has 1 aliphatic heterocycles. The highest BCUT2D eigenvalue weighted by molar-refractivity contribution is 7.46. The Labute approximate surface area is 198 Å². The van der Waals surface area contributed by atoms with Gasteiger partial charge in [-0.2, -0.15) is 0 Å². The van der Waals surface area contributed by atoms with Crippen LogP contribution in [0.25, 0.3) is 11.1 Å². The topological polar surface area (TPSA) is 70.0 Å². The lowest BCUT2D eigenvalue weighted by Gasteiger charge is -2.46. The van der Waals surface area contributed by atoms with Crippen LogP contribution in [-0.4, -0.2) is 22.4 Å². The van der Waals surface area contributed by atoms with Crippen LogP contribution in [0.1, 0.15) is 29.2 Å². The van der Waals surface area contributed by atoms with Crippen molar-refractivity contribution in [3.8, 4) is 11.1 Å². The van der Waals surface area contributed by atoms with Gasteiger partial charge in [-0.25, -0.2) is 4.57 Å². The molecule has 6 rings (SSSR count). The molecule has 6 heteroatoms. The number of hydrogen-bond donors (Lipinski definition) is 2. The Kier molecular flexibility index (Phi) is 4.80. The molecular weight excluding hydrogens is 445 g/mol. The minimum Gasteiger partial charge on any atom is -0.336 e. The van der Waals surface area contributed by atoms with E-state index in [1.165, 1.54) is 22.3 Å². The molecule has 1 heterocycles. The second kappa shape index (κ2) is 7.66. The van der Waals surface area contributed by atoms with E-state index < -0.39 is 13.2 Å². The van der Waals surface area contributed by atoms with Gasteiger partial charge in [0.2, 0.25) is 0 Å². The molecule has 4 aromatic rings. The van der Waals surface area contributed by atoms with Gasteiger partial charge in [0.1, 0.15) is 0 Å². The van der Waals surface area contributed by atoms with Gasteiger partial charge in [-0.3, -0.25) is 4.52 Å². The van der Waals surface area contributed by atoms with E-state index in [-0.39, 0.29) is 12.6 Å². The third kappa shape index (κ3) is 2.95. The summed E-state index contributed by atoms with van der Waals surface area (Å²) >= 11 is 0. The maximum Gasteiger partial charge on any atom is 0.469 e. The number of phosphoric acid groups is 1. The lowest BCUT2D eigenvalue weighted by atomic mass is 9.64. The molecule has 0 saturated carbocycles. The zero-order valence-electron chi connectivity index (χ0n) is 18.6. The number of para-hydroxylation sites is 2. The van der Waals surface area contributed by atoms with E-state index in [4.69, 9.17) is 4.52 Å². The predicted octanol–water partition coefficient (Wildman–Crippen LogP) is 6.00. The molecule has 0 bridgehead atoms. The first-order chi connectivity index (χ1) is 16.4. The van der Waals surface area contributed by atoms with Gasteiger partial charge < -0.3 is 14.7 Å². The highest BCUT2D eigenvalue weighted by atomic mass is 31.2. The number of hydrogen-bond acceptors (Lipinski definition) is 3. The third-order valence-electron chi connectivity index (χ3n) is 7.01.